The molecule has 2 aliphatic rings. The van der Waals surface area contributed by atoms with E-state index in [0.29, 0.717) is 18.1 Å². The quantitative estimate of drug-likeness (QED) is 0.576. The second-order valence-electron chi connectivity index (χ2n) is 3.46. The molecule has 1 heterocycles. The Kier molecular flexibility index (Phi) is 1.65. The Morgan fingerprint density at radius 3 is 2.54 bits per heavy atom. The molecule has 13 heavy (non-hydrogen) atoms. The van der Waals surface area contributed by atoms with Gasteiger partial charge in [-0.05, 0) is 18.4 Å². The Labute approximate surface area is 72.8 Å². The number of rotatable bonds is 0. The van der Waals surface area contributed by atoms with E-state index in [4.69, 9.17) is 0 Å². The van der Waals surface area contributed by atoms with Crippen LogP contribution < -0.4 is 5.32 Å². The van der Waals surface area contributed by atoms with Gasteiger partial charge >= 0.3 is 6.18 Å². The molecule has 2 nitrogen and oxygen atoms in total. The van der Waals surface area contributed by atoms with Crippen LogP contribution in [0.15, 0.2) is 11.6 Å². The average Bonchev–Trinajstić information content (AvgIpc) is 2.42. The molecular formula is C8H8F3NO. The third-order valence-electron chi connectivity index (χ3n) is 2.49. The van der Waals surface area contributed by atoms with Gasteiger partial charge in [-0.3, -0.25) is 4.79 Å². The van der Waals surface area contributed by atoms with E-state index in [1.165, 1.54) is 0 Å². The normalized spacial score (nSPS) is 35.6. The predicted octanol–water partition coefficient (Wildman–Crippen LogP) is 1.38. The monoisotopic (exact) mass is 191 g/mol. The van der Waals surface area contributed by atoms with Crippen LogP contribution in [0.3, 0.4) is 0 Å². The Balaban J connectivity index is 2.15. The van der Waals surface area contributed by atoms with Crippen LogP contribution >= 0.6 is 0 Å². The maximum Gasteiger partial charge on any atom is 0.409 e. The first-order valence-electron chi connectivity index (χ1n) is 4.04. The van der Waals surface area contributed by atoms with E-state index in [-0.39, 0.29) is 24.3 Å². The molecule has 1 aliphatic heterocycles. The van der Waals surface area contributed by atoms with Gasteiger partial charge in [0.25, 0.3) is 0 Å². The van der Waals surface area contributed by atoms with E-state index in [0.717, 1.165) is 0 Å². The standard InChI is InChI=1S/C8H8F3NO/c9-8(10,11)3-5-1-4-2-6(5)12-7(4)13/h3-4,6H,1-2H2,(H,12,13)/b5-3-/t4-,6-/m0/s1. The van der Waals surface area contributed by atoms with Gasteiger partial charge < -0.3 is 5.32 Å². The number of alkyl halides is 3. The predicted molar refractivity (Wildman–Crippen MR) is 38.8 cm³/mol. The van der Waals surface area contributed by atoms with Crippen LogP contribution in [0.25, 0.3) is 0 Å². The van der Waals surface area contributed by atoms with E-state index in [1.807, 2.05) is 0 Å². The van der Waals surface area contributed by atoms with Crippen molar-refractivity contribution in [3.63, 3.8) is 0 Å². The van der Waals surface area contributed by atoms with Gasteiger partial charge in [-0.2, -0.15) is 13.2 Å². The van der Waals surface area contributed by atoms with Crippen LogP contribution in [0.2, 0.25) is 0 Å². The molecule has 2 bridgehead atoms. The molecule has 1 N–H and O–H groups in total. The van der Waals surface area contributed by atoms with Crippen molar-refractivity contribution < 1.29 is 18.0 Å². The van der Waals surface area contributed by atoms with Crippen molar-refractivity contribution in [2.24, 2.45) is 5.92 Å². The molecule has 1 amide bonds. The number of hydrogen-bond acceptors (Lipinski definition) is 1. The minimum atomic E-state index is -4.26. The van der Waals surface area contributed by atoms with Gasteiger partial charge in [0.2, 0.25) is 5.91 Å². The SMILES string of the molecule is O=C1N[C@H]2C[C@@H]1C/C2=C/C(F)(F)F. The van der Waals surface area contributed by atoms with E-state index in [1.54, 1.807) is 0 Å². The number of allylic oxidation sites excluding steroid dienone is 1. The topological polar surface area (TPSA) is 29.1 Å². The summed E-state index contributed by atoms with van der Waals surface area (Å²) >= 11 is 0. The average molecular weight is 191 g/mol. The molecule has 0 aromatic heterocycles. The second kappa shape index (κ2) is 2.49. The molecule has 1 saturated carbocycles. The smallest absolute Gasteiger partial charge is 0.349 e. The van der Waals surface area contributed by atoms with Crippen LogP contribution in [0.5, 0.6) is 0 Å². The molecule has 72 valence electrons. The molecule has 0 radical (unpaired) electrons. The summed E-state index contributed by atoms with van der Waals surface area (Å²) in [6, 6.07) is -0.362. The fourth-order valence-corrected chi connectivity index (χ4v) is 1.96. The Hall–Kier alpha value is -1.00. The van der Waals surface area contributed by atoms with E-state index in [9.17, 15) is 18.0 Å². The summed E-state index contributed by atoms with van der Waals surface area (Å²) in [5.41, 5.74) is 0.317. The van der Waals surface area contributed by atoms with E-state index >= 15 is 0 Å². The minimum absolute atomic E-state index is 0.107. The van der Waals surface area contributed by atoms with Crippen molar-refractivity contribution in [1.82, 2.24) is 5.32 Å². The fourth-order valence-electron chi connectivity index (χ4n) is 1.96. The number of halogens is 3. The van der Waals surface area contributed by atoms with Gasteiger partial charge in [0.15, 0.2) is 0 Å². The molecule has 1 saturated heterocycles. The summed E-state index contributed by atoms with van der Waals surface area (Å²) in [6.45, 7) is 0. The van der Waals surface area contributed by atoms with Crippen molar-refractivity contribution in [2.75, 3.05) is 0 Å². The number of carbonyl (C=O) groups excluding carboxylic acids is 1. The van der Waals surface area contributed by atoms with Crippen molar-refractivity contribution in [3.8, 4) is 0 Å². The van der Waals surface area contributed by atoms with Gasteiger partial charge in [-0.15, -0.1) is 0 Å². The zero-order valence-corrected chi connectivity index (χ0v) is 6.69. The molecular weight excluding hydrogens is 183 g/mol. The lowest BCUT2D eigenvalue weighted by Crippen LogP contribution is -2.32. The number of fused-ring (bicyclic) bond motifs is 2. The molecule has 2 fully saturated rings. The molecule has 5 heteroatoms. The summed E-state index contributed by atoms with van der Waals surface area (Å²) in [5, 5.41) is 2.52. The fraction of sp³-hybridized carbons (Fsp3) is 0.625. The minimum Gasteiger partial charge on any atom is -0.349 e. The van der Waals surface area contributed by atoms with E-state index < -0.39 is 6.18 Å². The second-order valence-corrected chi connectivity index (χ2v) is 3.46. The largest absolute Gasteiger partial charge is 0.409 e. The van der Waals surface area contributed by atoms with Gasteiger partial charge in [0.05, 0.1) is 6.04 Å². The highest BCUT2D eigenvalue weighted by Gasteiger charge is 2.43. The third kappa shape index (κ3) is 1.55. The zero-order chi connectivity index (χ0) is 9.64. The number of carbonyl (C=O) groups is 1. The Morgan fingerprint density at radius 1 is 1.46 bits per heavy atom. The van der Waals surface area contributed by atoms with Gasteiger partial charge in [-0.1, -0.05) is 0 Å². The molecule has 0 unspecified atom stereocenters. The third-order valence-corrected chi connectivity index (χ3v) is 2.49. The van der Waals surface area contributed by atoms with Crippen LogP contribution in [0, 0.1) is 5.92 Å². The van der Waals surface area contributed by atoms with Crippen LogP contribution in [0.1, 0.15) is 12.8 Å². The molecule has 0 aromatic carbocycles. The highest BCUT2D eigenvalue weighted by atomic mass is 19.4. The first kappa shape index (κ1) is 8.59. The van der Waals surface area contributed by atoms with Crippen molar-refractivity contribution >= 4 is 5.91 Å². The molecule has 1 aliphatic carbocycles. The van der Waals surface area contributed by atoms with E-state index in [2.05, 4.69) is 5.32 Å². The summed E-state index contributed by atoms with van der Waals surface area (Å²) in [6.07, 6.45) is -3.14. The summed E-state index contributed by atoms with van der Waals surface area (Å²) in [4.78, 5) is 10.9. The highest BCUT2D eigenvalue weighted by molar-refractivity contribution is 5.84. The van der Waals surface area contributed by atoms with Gasteiger partial charge in [0.1, 0.15) is 0 Å². The number of amides is 1. The molecule has 0 aromatic rings. The summed E-state index contributed by atoms with van der Waals surface area (Å²) < 4.78 is 35.8. The maximum absolute atomic E-state index is 11.9. The number of piperidine rings is 1. The van der Waals surface area contributed by atoms with Crippen LogP contribution in [-0.2, 0) is 4.79 Å². The zero-order valence-electron chi connectivity index (χ0n) is 6.69. The lowest BCUT2D eigenvalue weighted by atomic mass is 10.1. The summed E-state index contributed by atoms with van der Waals surface area (Å²) in [7, 11) is 0. The number of nitrogens with one attached hydrogen (secondary N) is 1. The highest BCUT2D eigenvalue weighted by Crippen LogP contribution is 2.38. The Morgan fingerprint density at radius 2 is 2.15 bits per heavy atom. The van der Waals surface area contributed by atoms with Crippen molar-refractivity contribution in [3.05, 3.63) is 11.6 Å². The van der Waals surface area contributed by atoms with Crippen molar-refractivity contribution in [1.29, 1.82) is 0 Å². The Bertz CT molecular complexity index is 282. The van der Waals surface area contributed by atoms with Gasteiger partial charge in [-0.25, -0.2) is 0 Å². The maximum atomic E-state index is 11.9. The first-order chi connectivity index (χ1) is 5.96. The van der Waals surface area contributed by atoms with Crippen LogP contribution in [-0.4, -0.2) is 18.1 Å². The molecule has 2 rings (SSSR count). The lowest BCUT2D eigenvalue weighted by Gasteiger charge is -2.15. The first-order valence-corrected chi connectivity index (χ1v) is 4.04. The van der Waals surface area contributed by atoms with Gasteiger partial charge in [0, 0.05) is 12.0 Å². The lowest BCUT2D eigenvalue weighted by molar-refractivity contribution is -0.123. The van der Waals surface area contributed by atoms with Crippen molar-refractivity contribution in [2.45, 2.75) is 25.1 Å². The number of hydrogen-bond donors (Lipinski definition) is 1. The molecule has 0 spiro atoms. The van der Waals surface area contributed by atoms with Crippen LogP contribution in [0.4, 0.5) is 13.2 Å². The molecule has 2 atom stereocenters. The summed E-state index contributed by atoms with van der Waals surface area (Å²) in [5.74, 6) is -0.331.